The normalized spacial score (nSPS) is 11.0. The molecule has 2 rings (SSSR count). The largest absolute Gasteiger partial charge is 0.508 e. The van der Waals surface area contributed by atoms with Crippen LogP contribution in [0.15, 0.2) is 47.6 Å². The summed E-state index contributed by atoms with van der Waals surface area (Å²) in [6, 6.07) is 8.18. The van der Waals surface area contributed by atoms with Crippen LogP contribution < -0.4 is 5.32 Å². The lowest BCUT2D eigenvalue weighted by Gasteiger charge is -2.23. The summed E-state index contributed by atoms with van der Waals surface area (Å²) in [7, 11) is 0. The number of nitrogens with one attached hydrogen (secondary N) is 1. The maximum absolute atomic E-state index is 11.8. The summed E-state index contributed by atoms with van der Waals surface area (Å²) in [4.78, 5) is 16.5. The molecule has 152 valence electrons. The van der Waals surface area contributed by atoms with Crippen molar-refractivity contribution in [2.24, 2.45) is 5.92 Å². The predicted molar refractivity (Wildman–Crippen MR) is 109 cm³/mol. The van der Waals surface area contributed by atoms with E-state index < -0.39 is 6.09 Å². The van der Waals surface area contributed by atoms with E-state index in [1.807, 2.05) is 6.07 Å². The summed E-state index contributed by atoms with van der Waals surface area (Å²) >= 11 is 1.47. The minimum atomic E-state index is -0.454. The number of benzene rings is 1. The minimum absolute atomic E-state index is 0.0324. The highest BCUT2D eigenvalue weighted by molar-refractivity contribution is 7.97. The molecule has 0 unspecified atom stereocenters. The Hall–Kier alpha value is -2.45. The number of amides is 1. The Bertz CT molecular complexity index is 723. The molecule has 0 bridgehead atoms. The first-order valence-electron chi connectivity index (χ1n) is 9.18. The maximum atomic E-state index is 11.8. The Morgan fingerprint density at radius 1 is 1.29 bits per heavy atom. The van der Waals surface area contributed by atoms with Crippen LogP contribution >= 0.6 is 11.9 Å². The molecular weight excluding hydrogens is 378 g/mol. The number of carbonyl (C=O) groups excluding carboxylic acids is 1. The van der Waals surface area contributed by atoms with Crippen molar-refractivity contribution < 1.29 is 19.7 Å². The summed E-state index contributed by atoms with van der Waals surface area (Å²) in [6.45, 7) is 6.51. The van der Waals surface area contributed by atoms with Gasteiger partial charge in [-0.15, -0.1) is 0 Å². The van der Waals surface area contributed by atoms with Gasteiger partial charge in [0.25, 0.3) is 0 Å². The van der Waals surface area contributed by atoms with Crippen molar-refractivity contribution in [3.63, 3.8) is 0 Å². The summed E-state index contributed by atoms with van der Waals surface area (Å²) in [6.07, 6.45) is 3.62. The average molecular weight is 406 g/mol. The number of phenolic OH excluding ortho intramolecular Hbond substituents is 2. The Kier molecular flexibility index (Phi) is 8.90. The number of phenols is 2. The molecule has 8 heteroatoms. The molecule has 0 aliphatic heterocycles. The molecular formula is C20H27N3O4S. The fourth-order valence-electron chi connectivity index (χ4n) is 2.48. The van der Waals surface area contributed by atoms with Crippen molar-refractivity contribution in [3.05, 3.63) is 48.3 Å². The number of aromatic hydroxyl groups is 2. The van der Waals surface area contributed by atoms with Gasteiger partial charge in [0.05, 0.1) is 0 Å². The monoisotopic (exact) mass is 405 g/mol. The summed E-state index contributed by atoms with van der Waals surface area (Å²) in [5.74, 6) is 0.519. The highest BCUT2D eigenvalue weighted by atomic mass is 32.2. The van der Waals surface area contributed by atoms with Gasteiger partial charge < -0.3 is 20.3 Å². The van der Waals surface area contributed by atoms with Gasteiger partial charge >= 0.3 is 6.09 Å². The molecule has 0 saturated carbocycles. The van der Waals surface area contributed by atoms with E-state index in [4.69, 9.17) is 4.74 Å². The summed E-state index contributed by atoms with van der Waals surface area (Å²) in [5, 5.41) is 22.0. The molecule has 0 aliphatic rings. The molecule has 0 spiro atoms. The number of hydrogen-bond acceptors (Lipinski definition) is 7. The van der Waals surface area contributed by atoms with Crippen molar-refractivity contribution in [3.8, 4) is 11.5 Å². The van der Waals surface area contributed by atoms with Gasteiger partial charge in [0.2, 0.25) is 0 Å². The van der Waals surface area contributed by atoms with Crippen LogP contribution in [0.2, 0.25) is 0 Å². The first-order chi connectivity index (χ1) is 13.4. The topological polar surface area (TPSA) is 94.9 Å². The second kappa shape index (κ2) is 11.4. The Morgan fingerprint density at radius 2 is 2.04 bits per heavy atom. The van der Waals surface area contributed by atoms with E-state index in [1.54, 1.807) is 30.6 Å². The minimum Gasteiger partial charge on any atom is -0.508 e. The lowest BCUT2D eigenvalue weighted by Crippen LogP contribution is -2.29. The second-order valence-electron chi connectivity index (χ2n) is 6.78. The van der Waals surface area contributed by atoms with Gasteiger partial charge in [-0.3, -0.25) is 4.98 Å². The van der Waals surface area contributed by atoms with E-state index in [0.717, 1.165) is 30.0 Å². The molecule has 2 aromatic rings. The third-order valence-electron chi connectivity index (χ3n) is 3.63. The number of aromatic nitrogens is 1. The van der Waals surface area contributed by atoms with Crippen LogP contribution in [0.25, 0.3) is 0 Å². The van der Waals surface area contributed by atoms with E-state index in [-0.39, 0.29) is 18.1 Å². The number of carbonyl (C=O) groups is 1. The first-order valence-corrected chi connectivity index (χ1v) is 9.95. The van der Waals surface area contributed by atoms with E-state index >= 15 is 0 Å². The Balaban J connectivity index is 1.74. The van der Waals surface area contributed by atoms with E-state index in [9.17, 15) is 15.0 Å². The second-order valence-corrected chi connectivity index (χ2v) is 7.95. The van der Waals surface area contributed by atoms with Gasteiger partial charge in [0.1, 0.15) is 18.1 Å². The molecule has 1 amide bonds. The van der Waals surface area contributed by atoms with Crippen LogP contribution in [0.5, 0.6) is 11.5 Å². The molecule has 0 fully saturated rings. The van der Waals surface area contributed by atoms with Gasteiger partial charge in [-0.25, -0.2) is 9.10 Å². The quantitative estimate of drug-likeness (QED) is 0.409. The zero-order valence-electron chi connectivity index (χ0n) is 16.2. The number of rotatable bonds is 10. The van der Waals surface area contributed by atoms with Gasteiger partial charge in [-0.1, -0.05) is 19.9 Å². The molecule has 7 nitrogen and oxygen atoms in total. The van der Waals surface area contributed by atoms with E-state index in [0.29, 0.717) is 12.5 Å². The van der Waals surface area contributed by atoms with E-state index in [1.165, 1.54) is 18.0 Å². The smallest absolute Gasteiger partial charge is 0.407 e. The van der Waals surface area contributed by atoms with Crippen LogP contribution in [-0.2, 0) is 11.3 Å². The average Bonchev–Trinajstić information content (AvgIpc) is 2.63. The highest BCUT2D eigenvalue weighted by Gasteiger charge is 2.11. The van der Waals surface area contributed by atoms with Crippen LogP contribution in [-0.4, -0.2) is 45.2 Å². The highest BCUT2D eigenvalue weighted by Crippen LogP contribution is 2.30. The maximum Gasteiger partial charge on any atom is 0.407 e. The summed E-state index contributed by atoms with van der Waals surface area (Å²) < 4.78 is 7.31. The third-order valence-corrected chi connectivity index (χ3v) is 4.66. The molecule has 28 heavy (non-hydrogen) atoms. The van der Waals surface area contributed by atoms with Crippen molar-refractivity contribution >= 4 is 18.0 Å². The van der Waals surface area contributed by atoms with Gasteiger partial charge in [0.15, 0.2) is 0 Å². The fraction of sp³-hybridized carbons (Fsp3) is 0.400. The molecule has 1 heterocycles. The lowest BCUT2D eigenvalue weighted by molar-refractivity contribution is 0.139. The number of alkyl carbamates (subject to hydrolysis) is 1. The van der Waals surface area contributed by atoms with Crippen molar-refractivity contribution in [1.82, 2.24) is 14.6 Å². The molecule has 1 aromatic carbocycles. The van der Waals surface area contributed by atoms with Gasteiger partial charge in [0, 0.05) is 48.6 Å². The number of hydrogen-bond donors (Lipinski definition) is 3. The number of pyridine rings is 1. The molecule has 0 radical (unpaired) electrons. The zero-order chi connectivity index (χ0) is 20.4. The van der Waals surface area contributed by atoms with Gasteiger partial charge in [-0.2, -0.15) is 0 Å². The van der Waals surface area contributed by atoms with Crippen molar-refractivity contribution in [2.45, 2.75) is 31.8 Å². The Labute approximate surface area is 169 Å². The summed E-state index contributed by atoms with van der Waals surface area (Å²) in [5.41, 5.74) is 0.839. The molecule has 0 aliphatic carbocycles. The molecule has 3 N–H and O–H groups in total. The molecule has 0 saturated heterocycles. The molecule has 0 atom stereocenters. The fourth-order valence-corrected chi connectivity index (χ4v) is 3.72. The SMILES string of the molecule is CC(C)CN(CCCNC(=O)OCc1cccnc1)Sc1cc(O)cc(O)c1. The third kappa shape index (κ3) is 8.49. The van der Waals surface area contributed by atoms with Gasteiger partial charge in [-0.05, 0) is 42.5 Å². The predicted octanol–water partition coefficient (Wildman–Crippen LogP) is 3.77. The Morgan fingerprint density at radius 3 is 2.68 bits per heavy atom. The zero-order valence-corrected chi connectivity index (χ0v) is 17.0. The van der Waals surface area contributed by atoms with Crippen LogP contribution in [0, 0.1) is 5.92 Å². The first kappa shape index (κ1) is 21.8. The van der Waals surface area contributed by atoms with Crippen molar-refractivity contribution in [2.75, 3.05) is 19.6 Å². The van der Waals surface area contributed by atoms with E-state index in [2.05, 4.69) is 28.5 Å². The van der Waals surface area contributed by atoms with Crippen LogP contribution in [0.3, 0.4) is 0 Å². The lowest BCUT2D eigenvalue weighted by atomic mass is 10.2. The van der Waals surface area contributed by atoms with Crippen LogP contribution in [0.4, 0.5) is 4.79 Å². The molecule has 1 aromatic heterocycles. The number of nitrogens with zero attached hydrogens (tertiary/aromatic N) is 2. The van der Waals surface area contributed by atoms with Crippen molar-refractivity contribution in [1.29, 1.82) is 0 Å². The standard InChI is InChI=1S/C20H27N3O4S/c1-15(2)13-23(28-19-10-17(24)9-18(25)11-19)8-4-7-22-20(26)27-14-16-5-3-6-21-12-16/h3,5-6,9-12,15,24-25H,4,7-8,13-14H2,1-2H3,(H,22,26). The van der Waals surface area contributed by atoms with Crippen LogP contribution in [0.1, 0.15) is 25.8 Å². The number of ether oxygens (including phenoxy) is 1.